The first-order valence-corrected chi connectivity index (χ1v) is 3.87. The molecule has 0 spiro atoms. The molecule has 8 nitrogen and oxygen atoms in total. The molecule has 0 saturated heterocycles. The number of rotatable bonds is 1. The number of hydrogen-bond donors (Lipinski definition) is 3. The predicted molar refractivity (Wildman–Crippen MR) is 49.3 cm³/mol. The standard InChI is InChI=1S/C7H5N5O3/c8-4(13)2-1-9-5-3(10-2)6(14)12-7(15)11-5/h1H,(H2,8,13)(H2,9,11,12,14,15). The third kappa shape index (κ3) is 1.47. The summed E-state index contributed by atoms with van der Waals surface area (Å²) in [4.78, 5) is 44.4. The summed E-state index contributed by atoms with van der Waals surface area (Å²) < 4.78 is 0. The van der Waals surface area contributed by atoms with Gasteiger partial charge in [-0.1, -0.05) is 0 Å². The molecular formula is C7H5N5O3. The second-order valence-electron chi connectivity index (χ2n) is 2.72. The number of fused-ring (bicyclic) bond motifs is 1. The maximum absolute atomic E-state index is 11.2. The van der Waals surface area contributed by atoms with Gasteiger partial charge in [-0.2, -0.15) is 0 Å². The average Bonchev–Trinajstić information content (AvgIpc) is 2.16. The number of nitrogens with one attached hydrogen (secondary N) is 2. The minimum Gasteiger partial charge on any atom is -0.364 e. The van der Waals surface area contributed by atoms with Crippen molar-refractivity contribution in [1.82, 2.24) is 19.9 Å². The summed E-state index contributed by atoms with van der Waals surface area (Å²) in [5.41, 5.74) is 3.29. The van der Waals surface area contributed by atoms with Gasteiger partial charge in [-0.05, 0) is 0 Å². The molecule has 15 heavy (non-hydrogen) atoms. The molecule has 0 saturated carbocycles. The molecule has 2 heterocycles. The molecule has 0 bridgehead atoms. The van der Waals surface area contributed by atoms with Gasteiger partial charge in [0.25, 0.3) is 11.5 Å². The van der Waals surface area contributed by atoms with E-state index in [-0.39, 0.29) is 16.9 Å². The number of aromatic nitrogens is 4. The minimum atomic E-state index is -0.796. The monoisotopic (exact) mass is 207 g/mol. The fraction of sp³-hybridized carbons (Fsp3) is 0. The number of nitrogens with zero attached hydrogens (tertiary/aromatic N) is 2. The van der Waals surface area contributed by atoms with Gasteiger partial charge < -0.3 is 5.73 Å². The lowest BCUT2D eigenvalue weighted by molar-refractivity contribution is 0.0995. The predicted octanol–water partition coefficient (Wildman–Crippen LogP) is -1.89. The van der Waals surface area contributed by atoms with Gasteiger partial charge in [0.15, 0.2) is 11.2 Å². The number of nitrogens with two attached hydrogens (primary N) is 1. The molecule has 8 heteroatoms. The van der Waals surface area contributed by atoms with Crippen LogP contribution in [0.15, 0.2) is 15.8 Å². The Hall–Kier alpha value is -2.51. The van der Waals surface area contributed by atoms with Gasteiger partial charge >= 0.3 is 5.69 Å². The van der Waals surface area contributed by atoms with Crippen molar-refractivity contribution >= 4 is 17.1 Å². The number of carbonyl (C=O) groups excluding carboxylic acids is 1. The van der Waals surface area contributed by atoms with Crippen molar-refractivity contribution in [2.45, 2.75) is 0 Å². The Morgan fingerprint density at radius 2 is 2.07 bits per heavy atom. The highest BCUT2D eigenvalue weighted by Crippen LogP contribution is 1.98. The lowest BCUT2D eigenvalue weighted by atomic mass is 10.4. The average molecular weight is 207 g/mol. The van der Waals surface area contributed by atoms with Crippen LogP contribution >= 0.6 is 0 Å². The van der Waals surface area contributed by atoms with Crippen molar-refractivity contribution in [2.75, 3.05) is 0 Å². The summed E-state index contributed by atoms with van der Waals surface area (Å²) in [5.74, 6) is -0.796. The Kier molecular flexibility index (Phi) is 1.82. The molecule has 0 aliphatic rings. The number of primary amides is 1. The van der Waals surface area contributed by atoms with Crippen molar-refractivity contribution in [3.8, 4) is 0 Å². The van der Waals surface area contributed by atoms with Gasteiger partial charge in [-0.15, -0.1) is 0 Å². The van der Waals surface area contributed by atoms with Gasteiger partial charge in [0, 0.05) is 0 Å². The molecule has 0 aliphatic heterocycles. The van der Waals surface area contributed by atoms with E-state index in [2.05, 4.69) is 15.0 Å². The van der Waals surface area contributed by atoms with E-state index in [1.165, 1.54) is 0 Å². The van der Waals surface area contributed by atoms with Crippen LogP contribution in [0.1, 0.15) is 10.5 Å². The molecule has 2 aromatic rings. The fourth-order valence-corrected chi connectivity index (χ4v) is 1.06. The molecule has 76 valence electrons. The van der Waals surface area contributed by atoms with Crippen LogP contribution in [0.3, 0.4) is 0 Å². The van der Waals surface area contributed by atoms with Gasteiger partial charge in [-0.3, -0.25) is 19.6 Å². The molecule has 0 unspecified atom stereocenters. The number of H-pyrrole nitrogens is 2. The van der Waals surface area contributed by atoms with Crippen LogP contribution in [-0.4, -0.2) is 25.8 Å². The van der Waals surface area contributed by atoms with Crippen LogP contribution in [0.4, 0.5) is 0 Å². The van der Waals surface area contributed by atoms with Crippen molar-refractivity contribution in [2.24, 2.45) is 5.73 Å². The van der Waals surface area contributed by atoms with Crippen LogP contribution in [0, 0.1) is 0 Å². The summed E-state index contributed by atoms with van der Waals surface area (Å²) in [7, 11) is 0. The van der Waals surface area contributed by atoms with Gasteiger partial charge in [0.05, 0.1) is 6.20 Å². The third-order valence-electron chi connectivity index (χ3n) is 1.70. The number of aromatic amines is 2. The molecule has 2 rings (SSSR count). The van der Waals surface area contributed by atoms with E-state index in [4.69, 9.17) is 5.73 Å². The maximum atomic E-state index is 11.2. The van der Waals surface area contributed by atoms with E-state index >= 15 is 0 Å². The normalized spacial score (nSPS) is 10.4. The minimum absolute atomic E-state index is 0.00810. The zero-order valence-corrected chi connectivity index (χ0v) is 7.27. The molecule has 0 aliphatic carbocycles. The highest BCUT2D eigenvalue weighted by Gasteiger charge is 2.08. The first-order valence-electron chi connectivity index (χ1n) is 3.87. The zero-order valence-electron chi connectivity index (χ0n) is 7.27. The summed E-state index contributed by atoms with van der Waals surface area (Å²) in [6.07, 6.45) is 1.08. The van der Waals surface area contributed by atoms with E-state index in [1.807, 2.05) is 4.98 Å². The maximum Gasteiger partial charge on any atom is 0.327 e. The SMILES string of the molecule is NC(=O)c1cnc2[nH]c(=O)[nH]c(=O)c2n1. The molecule has 4 N–H and O–H groups in total. The van der Waals surface area contributed by atoms with Crippen molar-refractivity contribution in [3.63, 3.8) is 0 Å². The second kappa shape index (κ2) is 3.01. The Morgan fingerprint density at radius 3 is 2.73 bits per heavy atom. The molecule has 0 atom stereocenters. The van der Waals surface area contributed by atoms with E-state index in [9.17, 15) is 14.4 Å². The lowest BCUT2D eigenvalue weighted by Crippen LogP contribution is -2.24. The molecule has 0 radical (unpaired) electrons. The van der Waals surface area contributed by atoms with Crippen LogP contribution in [0.2, 0.25) is 0 Å². The summed E-state index contributed by atoms with van der Waals surface area (Å²) in [6.45, 7) is 0. The highest BCUT2D eigenvalue weighted by molar-refractivity contribution is 5.91. The van der Waals surface area contributed by atoms with Crippen LogP contribution < -0.4 is 17.0 Å². The summed E-state index contributed by atoms with van der Waals surface area (Å²) in [6, 6.07) is 0. The number of amides is 1. The Balaban J connectivity index is 2.89. The largest absolute Gasteiger partial charge is 0.364 e. The molecule has 0 aromatic carbocycles. The summed E-state index contributed by atoms with van der Waals surface area (Å²) >= 11 is 0. The van der Waals surface area contributed by atoms with Crippen LogP contribution in [0.5, 0.6) is 0 Å². The van der Waals surface area contributed by atoms with Crippen molar-refractivity contribution in [3.05, 3.63) is 32.7 Å². The summed E-state index contributed by atoms with van der Waals surface area (Å²) in [5, 5.41) is 0. The Bertz CT molecular complexity index is 655. The topological polar surface area (TPSA) is 135 Å². The number of hydrogen-bond acceptors (Lipinski definition) is 5. The van der Waals surface area contributed by atoms with Crippen molar-refractivity contribution < 1.29 is 4.79 Å². The van der Waals surface area contributed by atoms with E-state index < -0.39 is 17.2 Å². The Labute approximate surface area is 81.2 Å². The molecule has 2 aromatic heterocycles. The van der Waals surface area contributed by atoms with Crippen LogP contribution in [-0.2, 0) is 0 Å². The third-order valence-corrected chi connectivity index (χ3v) is 1.70. The van der Waals surface area contributed by atoms with Gasteiger partial charge in [0.1, 0.15) is 5.69 Å². The first kappa shape index (κ1) is 9.06. The quantitative estimate of drug-likeness (QED) is 0.502. The molecule has 1 amide bonds. The fourth-order valence-electron chi connectivity index (χ4n) is 1.06. The molecule has 0 fully saturated rings. The first-order chi connectivity index (χ1) is 7.08. The van der Waals surface area contributed by atoms with Gasteiger partial charge in [-0.25, -0.2) is 14.8 Å². The van der Waals surface area contributed by atoms with E-state index in [0.29, 0.717) is 0 Å². The Morgan fingerprint density at radius 1 is 1.33 bits per heavy atom. The lowest BCUT2D eigenvalue weighted by Gasteiger charge is -1.96. The van der Waals surface area contributed by atoms with E-state index in [0.717, 1.165) is 6.20 Å². The van der Waals surface area contributed by atoms with Crippen LogP contribution in [0.25, 0.3) is 11.2 Å². The second-order valence-corrected chi connectivity index (χ2v) is 2.72. The highest BCUT2D eigenvalue weighted by atomic mass is 16.2. The zero-order chi connectivity index (χ0) is 11.0. The van der Waals surface area contributed by atoms with Gasteiger partial charge in [0.2, 0.25) is 0 Å². The van der Waals surface area contributed by atoms with E-state index in [1.54, 1.807) is 0 Å². The molecular weight excluding hydrogens is 202 g/mol. The number of carbonyl (C=O) groups is 1. The smallest absolute Gasteiger partial charge is 0.327 e. The van der Waals surface area contributed by atoms with Crippen molar-refractivity contribution in [1.29, 1.82) is 0 Å².